The molecule has 2 N–H and O–H groups in total. The molecule has 0 radical (unpaired) electrons. The fourth-order valence-electron chi connectivity index (χ4n) is 4.82. The van der Waals surface area contributed by atoms with Crippen molar-refractivity contribution in [3.8, 4) is 28.1 Å². The number of imidazole rings is 1. The number of carbonyl (C=O) groups is 1. The maximum Gasteiger partial charge on any atom is 0.411 e. The lowest BCUT2D eigenvalue weighted by Gasteiger charge is -2.16. The lowest BCUT2D eigenvalue weighted by atomic mass is 9.95. The van der Waals surface area contributed by atoms with E-state index in [2.05, 4.69) is 35.5 Å². The summed E-state index contributed by atoms with van der Waals surface area (Å²) in [5.74, 6) is 0.172. The first-order valence-corrected chi connectivity index (χ1v) is 13.2. The van der Waals surface area contributed by atoms with Crippen molar-refractivity contribution in [3.05, 3.63) is 94.8 Å². The molecule has 2 aromatic carbocycles. The summed E-state index contributed by atoms with van der Waals surface area (Å²) in [6, 6.07) is 13.2. The van der Waals surface area contributed by atoms with E-state index in [-0.39, 0.29) is 17.2 Å². The molecule has 1 saturated carbocycles. The van der Waals surface area contributed by atoms with Crippen molar-refractivity contribution in [2.75, 3.05) is 12.4 Å². The summed E-state index contributed by atoms with van der Waals surface area (Å²) >= 11 is 6.29. The Labute approximate surface area is 238 Å². The van der Waals surface area contributed by atoms with Crippen LogP contribution in [-0.4, -0.2) is 43.4 Å². The number of benzene rings is 2. The number of methoxy groups -OCH3 is 1. The molecule has 13 heteroatoms. The minimum Gasteiger partial charge on any atom is -0.618 e. The molecule has 3 heterocycles. The zero-order chi connectivity index (χ0) is 28.5. The monoisotopic (exact) mass is 574 g/mol. The third-order valence-corrected chi connectivity index (χ3v) is 7.28. The van der Waals surface area contributed by atoms with Crippen LogP contribution in [0.3, 0.4) is 0 Å². The minimum absolute atomic E-state index is 0.264. The van der Waals surface area contributed by atoms with Crippen LogP contribution in [0.2, 0.25) is 5.02 Å². The first-order valence-electron chi connectivity index (χ1n) is 12.9. The molecule has 1 aliphatic rings. The van der Waals surface area contributed by atoms with Gasteiger partial charge in [-0.2, -0.15) is 9.41 Å². The number of tetrazole rings is 1. The summed E-state index contributed by atoms with van der Waals surface area (Å²) in [5, 5.41) is 27.8. The number of nitrogens with zero attached hydrogens (tertiary/aromatic N) is 6. The Bertz CT molecular complexity index is 1720. The Balaban J connectivity index is 1.32. The predicted molar refractivity (Wildman–Crippen MR) is 148 cm³/mol. The number of hydrogen-bond acceptors (Lipinski definition) is 7. The highest BCUT2D eigenvalue weighted by atomic mass is 35.5. The molecule has 0 saturated heterocycles. The summed E-state index contributed by atoms with van der Waals surface area (Å²) < 4.78 is 21.9. The Morgan fingerprint density at radius 2 is 2.10 bits per heavy atom. The van der Waals surface area contributed by atoms with Crippen LogP contribution in [0.1, 0.15) is 36.7 Å². The molecule has 41 heavy (non-hydrogen) atoms. The number of nitrogens with one attached hydrogen (secondary N) is 2. The number of H-pyrrole nitrogens is 1. The highest BCUT2D eigenvalue weighted by Gasteiger charge is 2.33. The van der Waals surface area contributed by atoms with Crippen molar-refractivity contribution >= 4 is 23.4 Å². The Morgan fingerprint density at radius 1 is 1.24 bits per heavy atom. The van der Waals surface area contributed by atoms with Gasteiger partial charge < -0.3 is 14.9 Å². The SMILES string of the molecule is COC(=O)Nc1ccc(-c2cnc(C(CC3CC3)c3ccc(-c4cc(Cl)ccc4-n4cnnn4)c[n+]3[O-])[nH]2)c(F)c1. The molecule has 1 atom stereocenters. The molecule has 1 aliphatic carbocycles. The summed E-state index contributed by atoms with van der Waals surface area (Å²) in [5.41, 5.74) is 3.54. The van der Waals surface area contributed by atoms with Crippen molar-refractivity contribution in [2.24, 2.45) is 5.92 Å². The van der Waals surface area contributed by atoms with E-state index < -0.39 is 11.9 Å². The van der Waals surface area contributed by atoms with E-state index in [0.717, 1.165) is 24.0 Å². The number of hydrogen-bond donors (Lipinski definition) is 2. The minimum atomic E-state index is -0.692. The van der Waals surface area contributed by atoms with E-state index in [4.69, 9.17) is 11.6 Å². The molecule has 1 unspecified atom stereocenters. The number of carbonyl (C=O) groups excluding carboxylic acids is 1. The lowest BCUT2D eigenvalue weighted by molar-refractivity contribution is -0.614. The van der Waals surface area contributed by atoms with Gasteiger partial charge in [0.1, 0.15) is 23.9 Å². The van der Waals surface area contributed by atoms with Crippen LogP contribution in [0.4, 0.5) is 14.9 Å². The second kappa shape index (κ2) is 11.0. The quantitative estimate of drug-likeness (QED) is 0.190. The van der Waals surface area contributed by atoms with E-state index in [1.54, 1.807) is 42.6 Å². The maximum absolute atomic E-state index is 15.0. The number of halogens is 2. The molecule has 1 amide bonds. The van der Waals surface area contributed by atoms with Crippen LogP contribution in [0.5, 0.6) is 0 Å². The number of rotatable bonds is 8. The lowest BCUT2D eigenvalue weighted by Crippen LogP contribution is -2.34. The number of aromatic amines is 1. The molecular formula is C28H24ClFN8O3. The van der Waals surface area contributed by atoms with Gasteiger partial charge in [-0.05, 0) is 65.2 Å². The second-order valence-corrected chi connectivity index (χ2v) is 10.2. The predicted octanol–water partition coefficient (Wildman–Crippen LogP) is 5.26. The van der Waals surface area contributed by atoms with E-state index in [1.807, 2.05) is 6.07 Å². The van der Waals surface area contributed by atoms with Crippen molar-refractivity contribution in [1.82, 2.24) is 30.2 Å². The van der Waals surface area contributed by atoms with Gasteiger partial charge in [-0.3, -0.25) is 5.32 Å². The van der Waals surface area contributed by atoms with Gasteiger partial charge in [-0.15, -0.1) is 5.10 Å². The summed E-state index contributed by atoms with van der Waals surface area (Å²) in [4.78, 5) is 19.2. The fourth-order valence-corrected chi connectivity index (χ4v) is 4.99. The van der Waals surface area contributed by atoms with E-state index in [0.29, 0.717) is 45.0 Å². The topological polar surface area (TPSA) is 138 Å². The fraction of sp³-hybridized carbons (Fsp3) is 0.214. The largest absolute Gasteiger partial charge is 0.618 e. The molecule has 0 aliphatic heterocycles. The smallest absolute Gasteiger partial charge is 0.411 e. The molecule has 3 aromatic heterocycles. The highest BCUT2D eigenvalue weighted by molar-refractivity contribution is 6.31. The molecule has 5 aromatic rings. The van der Waals surface area contributed by atoms with Crippen LogP contribution in [0, 0.1) is 16.9 Å². The first-order chi connectivity index (χ1) is 19.9. The van der Waals surface area contributed by atoms with Crippen LogP contribution in [0.15, 0.2) is 67.3 Å². The van der Waals surface area contributed by atoms with Gasteiger partial charge in [0.15, 0.2) is 6.20 Å². The summed E-state index contributed by atoms with van der Waals surface area (Å²) in [6.07, 6.45) is 6.73. The molecule has 1 fully saturated rings. The number of pyridine rings is 1. The molecule has 208 valence electrons. The van der Waals surface area contributed by atoms with Gasteiger partial charge in [0, 0.05) is 33.5 Å². The standard InChI is InChI=1S/C28H24ClFN8O3/c1-41-28(39)33-19-6-7-20(23(30)12-19)24-13-31-27(34-24)22(10-16-2-3-16)26-8-4-17(14-38(26)40)21-11-18(29)5-9-25(21)37-15-32-35-36-37/h4-9,11-16,22H,2-3,10H2,1H3,(H,31,34)(H,33,39). The van der Waals surface area contributed by atoms with Crippen molar-refractivity contribution in [3.63, 3.8) is 0 Å². The average molecular weight is 575 g/mol. The van der Waals surface area contributed by atoms with E-state index in [9.17, 15) is 14.4 Å². The Hall–Kier alpha value is -4.84. The molecule has 11 nitrogen and oxygen atoms in total. The van der Waals surface area contributed by atoms with Crippen molar-refractivity contribution in [2.45, 2.75) is 25.2 Å². The van der Waals surface area contributed by atoms with Gasteiger partial charge in [-0.1, -0.05) is 24.4 Å². The normalized spacial score (nSPS) is 13.6. The Kier molecular flexibility index (Phi) is 7.06. The summed E-state index contributed by atoms with van der Waals surface area (Å²) in [6.45, 7) is 0. The molecule has 6 rings (SSSR count). The second-order valence-electron chi connectivity index (χ2n) is 9.81. The van der Waals surface area contributed by atoms with Crippen molar-refractivity contribution < 1.29 is 18.7 Å². The van der Waals surface area contributed by atoms with E-state index >= 15 is 0 Å². The molecular weight excluding hydrogens is 551 g/mol. The number of amides is 1. The van der Waals surface area contributed by atoms with Crippen LogP contribution in [-0.2, 0) is 4.74 Å². The van der Waals surface area contributed by atoms with Gasteiger partial charge >= 0.3 is 6.09 Å². The highest BCUT2D eigenvalue weighted by Crippen LogP contribution is 2.41. The Morgan fingerprint density at radius 3 is 2.80 bits per heavy atom. The maximum atomic E-state index is 15.0. The third-order valence-electron chi connectivity index (χ3n) is 7.05. The van der Waals surface area contributed by atoms with Crippen molar-refractivity contribution in [1.29, 1.82) is 0 Å². The number of aromatic nitrogens is 7. The van der Waals surface area contributed by atoms with Gasteiger partial charge in [-0.25, -0.2) is 14.2 Å². The van der Waals surface area contributed by atoms with Gasteiger partial charge in [0.25, 0.3) is 0 Å². The number of anilines is 1. The molecule has 0 bridgehead atoms. The van der Waals surface area contributed by atoms with Crippen LogP contribution < -0.4 is 10.0 Å². The zero-order valence-corrected chi connectivity index (χ0v) is 22.5. The average Bonchev–Trinajstić information content (AvgIpc) is 3.39. The van der Waals surface area contributed by atoms with Crippen LogP contribution in [0.25, 0.3) is 28.1 Å². The van der Waals surface area contributed by atoms with Gasteiger partial charge in [0.2, 0.25) is 5.69 Å². The molecule has 0 spiro atoms. The first kappa shape index (κ1) is 26.4. The van der Waals surface area contributed by atoms with E-state index in [1.165, 1.54) is 30.4 Å². The van der Waals surface area contributed by atoms with Crippen LogP contribution >= 0.6 is 11.6 Å². The third kappa shape index (κ3) is 5.59. The number of ether oxygens (including phenoxy) is 1. The van der Waals surface area contributed by atoms with Gasteiger partial charge in [0.05, 0.1) is 24.7 Å². The zero-order valence-electron chi connectivity index (χ0n) is 21.8. The summed E-state index contributed by atoms with van der Waals surface area (Å²) in [7, 11) is 1.23.